The van der Waals surface area contributed by atoms with Crippen LogP contribution in [0.4, 0.5) is 0 Å². The van der Waals surface area contributed by atoms with Gasteiger partial charge in [0.2, 0.25) is 5.78 Å². The fourth-order valence-corrected chi connectivity index (χ4v) is 2.46. The van der Waals surface area contributed by atoms with E-state index < -0.39 is 28.3 Å². The van der Waals surface area contributed by atoms with Crippen molar-refractivity contribution in [2.75, 3.05) is 0 Å². The molecule has 0 aromatic heterocycles. The highest BCUT2D eigenvalue weighted by molar-refractivity contribution is 6.02. The highest BCUT2D eigenvalue weighted by Crippen LogP contribution is 2.26. The lowest BCUT2D eigenvalue weighted by molar-refractivity contribution is -0.547. The Morgan fingerprint density at radius 1 is 1.30 bits per heavy atom. The van der Waals surface area contributed by atoms with Crippen LogP contribution in [0.3, 0.4) is 0 Å². The number of nitro groups is 1. The predicted octanol–water partition coefficient (Wildman–Crippen LogP) is 3.42. The molecule has 1 aromatic carbocycles. The first-order valence-corrected chi connectivity index (χ1v) is 7.72. The average molecular weight is 321 g/mol. The van der Waals surface area contributed by atoms with Crippen molar-refractivity contribution in [1.82, 2.24) is 0 Å². The van der Waals surface area contributed by atoms with Gasteiger partial charge < -0.3 is 4.74 Å². The highest BCUT2D eigenvalue weighted by atomic mass is 16.6. The number of Topliss-reactive ketones (excluding diaryl/α,β-unsaturated/α-hetero) is 1. The van der Waals surface area contributed by atoms with E-state index in [9.17, 15) is 19.7 Å². The smallest absolute Gasteiger partial charge is 0.302 e. The third-order valence-corrected chi connectivity index (χ3v) is 3.77. The summed E-state index contributed by atoms with van der Waals surface area (Å²) in [6, 6.07) is 8.17. The molecule has 1 rings (SSSR count). The van der Waals surface area contributed by atoms with Gasteiger partial charge in [0, 0.05) is 24.3 Å². The molecule has 2 unspecified atom stereocenters. The van der Waals surface area contributed by atoms with Crippen molar-refractivity contribution in [2.24, 2.45) is 0 Å². The van der Waals surface area contributed by atoms with Crippen LogP contribution in [0.2, 0.25) is 0 Å². The zero-order valence-corrected chi connectivity index (χ0v) is 13.8. The van der Waals surface area contributed by atoms with Gasteiger partial charge in [0.05, 0.1) is 6.42 Å². The van der Waals surface area contributed by atoms with Gasteiger partial charge in [0.25, 0.3) is 5.54 Å². The number of carbonyl (C=O) groups is 2. The third-order valence-electron chi connectivity index (χ3n) is 3.77. The second-order valence-electron chi connectivity index (χ2n) is 5.80. The number of esters is 1. The van der Waals surface area contributed by atoms with Gasteiger partial charge >= 0.3 is 5.97 Å². The second-order valence-corrected chi connectivity index (χ2v) is 5.80. The molecule has 0 spiro atoms. The van der Waals surface area contributed by atoms with Gasteiger partial charge in [-0.2, -0.15) is 0 Å². The zero-order chi connectivity index (χ0) is 17.5. The topological polar surface area (TPSA) is 86.5 Å². The standard InChI is InChI=1S/C17H23NO5/c1-4-5-11-15(23-13(2)19)12-17(3,18(21)22)16(20)14-9-7-6-8-10-14/h6-10,15H,4-5,11-12H2,1-3H3. The Bertz CT molecular complexity index is 557. The Balaban J connectivity index is 3.04. The number of nitrogens with zero attached hydrogens (tertiary/aromatic N) is 1. The lowest BCUT2D eigenvalue weighted by Crippen LogP contribution is -2.46. The summed E-state index contributed by atoms with van der Waals surface area (Å²) < 4.78 is 5.19. The Morgan fingerprint density at radius 3 is 2.39 bits per heavy atom. The van der Waals surface area contributed by atoms with Gasteiger partial charge in [-0.3, -0.25) is 19.7 Å². The van der Waals surface area contributed by atoms with Crippen molar-refractivity contribution >= 4 is 11.8 Å². The van der Waals surface area contributed by atoms with Gasteiger partial charge in [-0.1, -0.05) is 50.1 Å². The van der Waals surface area contributed by atoms with E-state index in [1.54, 1.807) is 30.3 Å². The first-order valence-electron chi connectivity index (χ1n) is 7.72. The van der Waals surface area contributed by atoms with E-state index in [0.717, 1.165) is 12.8 Å². The van der Waals surface area contributed by atoms with E-state index >= 15 is 0 Å². The second kappa shape index (κ2) is 8.41. The first kappa shape index (κ1) is 18.8. The molecule has 0 aliphatic rings. The average Bonchev–Trinajstić information content (AvgIpc) is 2.51. The Labute approximate surface area is 136 Å². The van der Waals surface area contributed by atoms with Crippen LogP contribution in [0.15, 0.2) is 30.3 Å². The summed E-state index contributed by atoms with van der Waals surface area (Å²) in [6.45, 7) is 4.54. The number of rotatable bonds is 9. The van der Waals surface area contributed by atoms with E-state index in [-0.39, 0.29) is 12.0 Å². The fourth-order valence-electron chi connectivity index (χ4n) is 2.46. The Kier molecular flexibility index (Phi) is 6.88. The maximum atomic E-state index is 12.6. The van der Waals surface area contributed by atoms with Crippen molar-refractivity contribution in [2.45, 2.75) is 58.1 Å². The number of ether oxygens (including phenoxy) is 1. The Hall–Kier alpha value is -2.24. The summed E-state index contributed by atoms with van der Waals surface area (Å²) in [4.78, 5) is 34.9. The van der Waals surface area contributed by atoms with Crippen molar-refractivity contribution in [1.29, 1.82) is 0 Å². The molecule has 0 aliphatic heterocycles. The molecular formula is C17H23NO5. The van der Waals surface area contributed by atoms with Crippen LogP contribution in [0.5, 0.6) is 0 Å². The molecule has 23 heavy (non-hydrogen) atoms. The number of hydrogen-bond donors (Lipinski definition) is 0. The number of hydrogen-bond acceptors (Lipinski definition) is 5. The summed E-state index contributed by atoms with van der Waals surface area (Å²) in [5.41, 5.74) is -1.54. The SMILES string of the molecule is CCCCC(CC(C)(C(=O)c1ccccc1)[N+](=O)[O-])OC(C)=O. The molecule has 0 aliphatic carbocycles. The summed E-state index contributed by atoms with van der Waals surface area (Å²) in [5, 5.41) is 11.6. The minimum absolute atomic E-state index is 0.132. The number of unbranched alkanes of at least 4 members (excludes halogenated alkanes) is 1. The predicted molar refractivity (Wildman–Crippen MR) is 85.9 cm³/mol. The van der Waals surface area contributed by atoms with Gasteiger partial charge in [-0.05, 0) is 6.42 Å². The third kappa shape index (κ3) is 5.16. The lowest BCUT2D eigenvalue weighted by Gasteiger charge is -2.25. The molecular weight excluding hydrogens is 298 g/mol. The van der Waals surface area contributed by atoms with Gasteiger partial charge in [-0.25, -0.2) is 0 Å². The summed E-state index contributed by atoms with van der Waals surface area (Å²) in [6.07, 6.45) is 1.37. The van der Waals surface area contributed by atoms with Crippen molar-refractivity contribution in [3.63, 3.8) is 0 Å². The molecule has 0 saturated carbocycles. The molecule has 126 valence electrons. The molecule has 0 radical (unpaired) electrons. The van der Waals surface area contributed by atoms with Gasteiger partial charge in [-0.15, -0.1) is 0 Å². The molecule has 2 atom stereocenters. The molecule has 0 saturated heterocycles. The van der Waals surface area contributed by atoms with E-state index in [0.29, 0.717) is 6.42 Å². The molecule has 1 aromatic rings. The molecule has 6 heteroatoms. The van der Waals surface area contributed by atoms with Crippen LogP contribution >= 0.6 is 0 Å². The summed E-state index contributed by atoms with van der Waals surface area (Å²) in [7, 11) is 0. The highest BCUT2D eigenvalue weighted by Gasteiger charge is 2.48. The molecule has 0 amide bonds. The summed E-state index contributed by atoms with van der Waals surface area (Å²) in [5.74, 6) is -1.07. The van der Waals surface area contributed by atoms with Crippen molar-refractivity contribution < 1.29 is 19.2 Å². The van der Waals surface area contributed by atoms with Gasteiger partial charge in [0.1, 0.15) is 6.10 Å². The van der Waals surface area contributed by atoms with Crippen LogP contribution in [0, 0.1) is 10.1 Å². The van der Waals surface area contributed by atoms with Crippen LogP contribution in [0.25, 0.3) is 0 Å². The van der Waals surface area contributed by atoms with Crippen LogP contribution in [-0.2, 0) is 9.53 Å². The first-order chi connectivity index (χ1) is 10.8. The van der Waals surface area contributed by atoms with Crippen molar-refractivity contribution in [3.8, 4) is 0 Å². The normalized spacial score (nSPS) is 14.6. The molecule has 6 nitrogen and oxygen atoms in total. The fraction of sp³-hybridized carbons (Fsp3) is 0.529. The number of carbonyl (C=O) groups excluding carboxylic acids is 2. The van der Waals surface area contributed by atoms with E-state index in [1.807, 2.05) is 6.92 Å². The zero-order valence-electron chi connectivity index (χ0n) is 13.8. The minimum atomic E-state index is -1.82. The Morgan fingerprint density at radius 2 is 1.91 bits per heavy atom. The van der Waals surface area contributed by atoms with Crippen LogP contribution < -0.4 is 0 Å². The molecule has 0 N–H and O–H groups in total. The van der Waals surface area contributed by atoms with Gasteiger partial charge in [0.15, 0.2) is 0 Å². The monoisotopic (exact) mass is 321 g/mol. The molecule has 0 bridgehead atoms. The van der Waals surface area contributed by atoms with Crippen LogP contribution in [0.1, 0.15) is 56.8 Å². The maximum absolute atomic E-state index is 12.6. The minimum Gasteiger partial charge on any atom is -0.462 e. The quantitative estimate of drug-likeness (QED) is 0.301. The van der Waals surface area contributed by atoms with Crippen molar-refractivity contribution in [3.05, 3.63) is 46.0 Å². The summed E-state index contributed by atoms with van der Waals surface area (Å²) >= 11 is 0. The van der Waals surface area contributed by atoms with E-state index in [2.05, 4.69) is 0 Å². The maximum Gasteiger partial charge on any atom is 0.302 e. The molecule has 0 heterocycles. The van der Waals surface area contributed by atoms with E-state index in [1.165, 1.54) is 13.8 Å². The molecule has 0 fully saturated rings. The largest absolute Gasteiger partial charge is 0.462 e. The number of benzene rings is 1. The van der Waals surface area contributed by atoms with Crippen LogP contribution in [-0.4, -0.2) is 28.3 Å². The number of ketones is 1. The van der Waals surface area contributed by atoms with E-state index in [4.69, 9.17) is 4.74 Å². The lowest BCUT2D eigenvalue weighted by atomic mass is 9.85.